The lowest BCUT2D eigenvalue weighted by molar-refractivity contribution is -0.385. The summed E-state index contributed by atoms with van der Waals surface area (Å²) in [4.78, 5) is 10.5. The molecule has 0 heterocycles. The molecule has 0 aliphatic rings. The van der Waals surface area contributed by atoms with E-state index in [4.69, 9.17) is 17.3 Å². The molecule has 2 N–H and O–H groups in total. The number of nitrogens with zero attached hydrogens (tertiary/aromatic N) is 1. The van der Waals surface area contributed by atoms with Crippen LogP contribution in [0.4, 0.5) is 5.69 Å². The van der Waals surface area contributed by atoms with Gasteiger partial charge in [-0.2, -0.15) is 0 Å². The molecule has 0 unspecified atom stereocenters. The van der Waals surface area contributed by atoms with Crippen molar-refractivity contribution in [2.45, 2.75) is 32.7 Å². The maximum atomic E-state index is 10.9. The number of nitrogens with two attached hydrogens (primary N) is 1. The summed E-state index contributed by atoms with van der Waals surface area (Å²) in [5.41, 5.74) is 6.55. The van der Waals surface area contributed by atoms with Crippen LogP contribution in [0.2, 0.25) is 5.02 Å². The molecular weight excluding hydrogens is 240 g/mol. The number of hydrogen-bond donors (Lipinski definition) is 1. The van der Waals surface area contributed by atoms with Crippen molar-refractivity contribution in [2.75, 3.05) is 0 Å². The average molecular weight is 257 g/mol. The molecule has 4 nitrogen and oxygen atoms in total. The van der Waals surface area contributed by atoms with Crippen LogP contribution in [-0.2, 0) is 0 Å². The molecule has 0 radical (unpaired) electrons. The van der Waals surface area contributed by atoms with Crippen molar-refractivity contribution in [3.05, 3.63) is 38.9 Å². The number of benzene rings is 1. The second kappa shape index (κ2) is 5.98. The maximum absolute atomic E-state index is 10.9. The highest BCUT2D eigenvalue weighted by Gasteiger charge is 2.19. The van der Waals surface area contributed by atoms with E-state index < -0.39 is 4.92 Å². The van der Waals surface area contributed by atoms with E-state index in [2.05, 4.69) is 13.8 Å². The van der Waals surface area contributed by atoms with E-state index in [-0.39, 0.29) is 11.7 Å². The van der Waals surface area contributed by atoms with E-state index in [1.165, 1.54) is 12.1 Å². The molecule has 1 atom stereocenters. The van der Waals surface area contributed by atoms with Crippen LogP contribution >= 0.6 is 11.6 Å². The van der Waals surface area contributed by atoms with Gasteiger partial charge in [-0.15, -0.1) is 0 Å². The number of nitro groups is 1. The largest absolute Gasteiger partial charge is 0.324 e. The third-order valence-electron chi connectivity index (χ3n) is 2.64. The molecule has 1 rings (SSSR count). The molecule has 0 aliphatic heterocycles. The molecule has 1 aromatic carbocycles. The van der Waals surface area contributed by atoms with Crippen LogP contribution in [0.3, 0.4) is 0 Å². The van der Waals surface area contributed by atoms with Crippen LogP contribution in [0.1, 0.15) is 38.3 Å². The van der Waals surface area contributed by atoms with Gasteiger partial charge in [-0.25, -0.2) is 0 Å². The lowest BCUT2D eigenvalue weighted by Crippen LogP contribution is -2.13. The van der Waals surface area contributed by atoms with Crippen molar-refractivity contribution in [2.24, 2.45) is 11.7 Å². The monoisotopic (exact) mass is 256 g/mol. The first-order valence-electron chi connectivity index (χ1n) is 5.61. The third kappa shape index (κ3) is 3.98. The zero-order valence-corrected chi connectivity index (χ0v) is 10.8. The Balaban J connectivity index is 2.94. The summed E-state index contributed by atoms with van der Waals surface area (Å²) in [6.45, 7) is 4.19. The van der Waals surface area contributed by atoms with Crippen molar-refractivity contribution >= 4 is 17.3 Å². The molecule has 17 heavy (non-hydrogen) atoms. The van der Waals surface area contributed by atoms with E-state index in [9.17, 15) is 10.1 Å². The van der Waals surface area contributed by atoms with Crippen LogP contribution < -0.4 is 5.73 Å². The second-order valence-corrected chi connectivity index (χ2v) is 4.97. The van der Waals surface area contributed by atoms with Gasteiger partial charge in [-0.1, -0.05) is 25.4 Å². The van der Waals surface area contributed by atoms with Gasteiger partial charge in [0.25, 0.3) is 5.69 Å². The average Bonchev–Trinajstić information content (AvgIpc) is 2.25. The van der Waals surface area contributed by atoms with E-state index in [1.807, 2.05) is 0 Å². The van der Waals surface area contributed by atoms with Gasteiger partial charge >= 0.3 is 0 Å². The lowest BCUT2D eigenvalue weighted by Gasteiger charge is -2.13. The fourth-order valence-electron chi connectivity index (χ4n) is 1.66. The number of nitro benzene ring substituents is 1. The normalized spacial score (nSPS) is 12.8. The fraction of sp³-hybridized carbons (Fsp3) is 0.500. The summed E-state index contributed by atoms with van der Waals surface area (Å²) in [6.07, 6.45) is 1.66. The van der Waals surface area contributed by atoms with Crippen molar-refractivity contribution in [3.8, 4) is 0 Å². The van der Waals surface area contributed by atoms with Crippen molar-refractivity contribution in [3.63, 3.8) is 0 Å². The van der Waals surface area contributed by atoms with E-state index in [1.54, 1.807) is 6.07 Å². The SMILES string of the molecule is CC(C)CC[C@H](N)c1cc(Cl)ccc1[N+](=O)[O-]. The highest BCUT2D eigenvalue weighted by Crippen LogP contribution is 2.29. The first kappa shape index (κ1) is 13.9. The molecule has 1 aromatic rings. The molecule has 0 amide bonds. The molecule has 0 spiro atoms. The molecule has 0 saturated heterocycles. The zero-order chi connectivity index (χ0) is 13.0. The molecule has 0 saturated carbocycles. The molecule has 0 fully saturated rings. The predicted molar refractivity (Wildman–Crippen MR) is 69.1 cm³/mol. The van der Waals surface area contributed by atoms with Crippen molar-refractivity contribution < 1.29 is 4.92 Å². The van der Waals surface area contributed by atoms with Crippen LogP contribution in [0.15, 0.2) is 18.2 Å². The minimum absolute atomic E-state index is 0.0469. The Bertz CT molecular complexity index is 407. The number of hydrogen-bond acceptors (Lipinski definition) is 3. The Labute approximate surface area is 106 Å². The van der Waals surface area contributed by atoms with Crippen molar-refractivity contribution in [1.82, 2.24) is 0 Å². The van der Waals surface area contributed by atoms with Crippen LogP contribution in [0.5, 0.6) is 0 Å². The first-order chi connectivity index (χ1) is 7.91. The van der Waals surface area contributed by atoms with Gasteiger partial charge < -0.3 is 5.73 Å². The second-order valence-electron chi connectivity index (χ2n) is 4.54. The summed E-state index contributed by atoms with van der Waals surface area (Å²) >= 11 is 5.85. The van der Waals surface area contributed by atoms with Gasteiger partial charge in [-0.3, -0.25) is 10.1 Å². The quantitative estimate of drug-likeness (QED) is 0.645. The topological polar surface area (TPSA) is 69.2 Å². The standard InChI is InChI=1S/C12H17ClN2O2/c1-8(2)3-5-11(14)10-7-9(13)4-6-12(10)15(16)17/h4,6-8,11H,3,5,14H2,1-2H3/t11-/m0/s1. The fourth-order valence-corrected chi connectivity index (χ4v) is 1.84. The molecule has 0 bridgehead atoms. The zero-order valence-electron chi connectivity index (χ0n) is 10.0. The Morgan fingerprint density at radius 1 is 1.41 bits per heavy atom. The van der Waals surface area contributed by atoms with Gasteiger partial charge in [0, 0.05) is 22.7 Å². The molecule has 0 aliphatic carbocycles. The number of rotatable bonds is 5. The Kier molecular flexibility index (Phi) is 4.90. The summed E-state index contributed by atoms with van der Waals surface area (Å²) in [6, 6.07) is 4.17. The third-order valence-corrected chi connectivity index (χ3v) is 2.88. The van der Waals surface area contributed by atoms with Gasteiger partial charge in [0.2, 0.25) is 0 Å². The highest BCUT2D eigenvalue weighted by molar-refractivity contribution is 6.30. The molecule has 5 heteroatoms. The summed E-state index contributed by atoms with van der Waals surface area (Å²) in [5, 5.41) is 11.4. The van der Waals surface area contributed by atoms with Crippen molar-refractivity contribution in [1.29, 1.82) is 0 Å². The summed E-state index contributed by atoms with van der Waals surface area (Å²) < 4.78 is 0. The Morgan fingerprint density at radius 3 is 2.59 bits per heavy atom. The van der Waals surface area contributed by atoms with E-state index in [0.29, 0.717) is 16.5 Å². The summed E-state index contributed by atoms with van der Waals surface area (Å²) in [7, 11) is 0. The van der Waals surface area contributed by atoms with Gasteiger partial charge in [0.15, 0.2) is 0 Å². The molecule has 0 aromatic heterocycles. The van der Waals surface area contributed by atoms with Crippen LogP contribution in [0, 0.1) is 16.0 Å². The minimum atomic E-state index is -0.416. The van der Waals surface area contributed by atoms with Gasteiger partial charge in [0.05, 0.1) is 4.92 Å². The first-order valence-corrected chi connectivity index (χ1v) is 5.99. The Morgan fingerprint density at radius 2 is 2.06 bits per heavy atom. The number of halogens is 1. The lowest BCUT2D eigenvalue weighted by atomic mass is 9.97. The minimum Gasteiger partial charge on any atom is -0.324 e. The van der Waals surface area contributed by atoms with Gasteiger partial charge in [-0.05, 0) is 30.9 Å². The van der Waals surface area contributed by atoms with E-state index >= 15 is 0 Å². The van der Waals surface area contributed by atoms with E-state index in [0.717, 1.165) is 12.8 Å². The maximum Gasteiger partial charge on any atom is 0.274 e. The Hall–Kier alpha value is -1.13. The highest BCUT2D eigenvalue weighted by atomic mass is 35.5. The molecule has 94 valence electrons. The molecular formula is C12H17ClN2O2. The van der Waals surface area contributed by atoms with Gasteiger partial charge in [0.1, 0.15) is 0 Å². The summed E-state index contributed by atoms with van der Waals surface area (Å²) in [5.74, 6) is 0.527. The smallest absolute Gasteiger partial charge is 0.274 e. The van der Waals surface area contributed by atoms with Crippen LogP contribution in [-0.4, -0.2) is 4.92 Å². The van der Waals surface area contributed by atoms with Crippen LogP contribution in [0.25, 0.3) is 0 Å². The predicted octanol–water partition coefficient (Wildman–Crippen LogP) is 3.68.